The monoisotopic (exact) mass is 194 g/mol. The first-order valence-corrected chi connectivity index (χ1v) is 4.53. The maximum absolute atomic E-state index is 13.4. The molecule has 0 aliphatic heterocycles. The molecular formula is C11H11FO2. The van der Waals surface area contributed by atoms with E-state index >= 15 is 0 Å². The minimum absolute atomic E-state index is 0.307. The Bertz CT molecular complexity index is 389. The zero-order valence-electron chi connectivity index (χ0n) is 7.83. The van der Waals surface area contributed by atoms with E-state index in [9.17, 15) is 9.18 Å². The number of aliphatic carboxylic acids is 1. The van der Waals surface area contributed by atoms with Gasteiger partial charge in [-0.3, -0.25) is 4.79 Å². The van der Waals surface area contributed by atoms with Gasteiger partial charge in [-0.05, 0) is 18.1 Å². The molecule has 2 nitrogen and oxygen atoms in total. The Morgan fingerprint density at radius 1 is 1.57 bits per heavy atom. The van der Waals surface area contributed by atoms with Crippen LogP contribution in [-0.4, -0.2) is 11.1 Å². The maximum Gasteiger partial charge on any atom is 0.307 e. The lowest BCUT2D eigenvalue weighted by Gasteiger charge is -2.10. The van der Waals surface area contributed by atoms with Crippen LogP contribution >= 0.6 is 0 Å². The van der Waals surface area contributed by atoms with Crippen LogP contribution in [0.3, 0.4) is 0 Å². The molecular weight excluding hydrogens is 183 g/mol. The summed E-state index contributed by atoms with van der Waals surface area (Å²) in [4.78, 5) is 10.7. The van der Waals surface area contributed by atoms with Gasteiger partial charge in [0.2, 0.25) is 0 Å². The lowest BCUT2D eigenvalue weighted by atomic mass is 9.95. The number of carbonyl (C=O) groups is 1. The van der Waals surface area contributed by atoms with Crippen LogP contribution in [0.5, 0.6) is 0 Å². The molecule has 1 fully saturated rings. The van der Waals surface area contributed by atoms with Crippen molar-refractivity contribution in [2.45, 2.75) is 18.8 Å². The molecule has 1 saturated carbocycles. The van der Waals surface area contributed by atoms with Gasteiger partial charge < -0.3 is 5.11 Å². The van der Waals surface area contributed by atoms with Gasteiger partial charge in [0.05, 0.1) is 5.92 Å². The minimum atomic E-state index is -0.837. The minimum Gasteiger partial charge on any atom is -0.481 e. The highest BCUT2D eigenvalue weighted by molar-refractivity contribution is 5.77. The molecule has 0 radical (unpaired) electrons. The molecule has 0 bridgehead atoms. The van der Waals surface area contributed by atoms with Crippen molar-refractivity contribution in [3.8, 4) is 0 Å². The number of benzene rings is 1. The van der Waals surface area contributed by atoms with Crippen LogP contribution in [0.1, 0.15) is 18.9 Å². The van der Waals surface area contributed by atoms with Gasteiger partial charge in [-0.15, -0.1) is 0 Å². The van der Waals surface area contributed by atoms with Crippen molar-refractivity contribution in [2.24, 2.45) is 5.92 Å². The summed E-state index contributed by atoms with van der Waals surface area (Å²) in [7, 11) is 0. The van der Waals surface area contributed by atoms with Crippen LogP contribution in [-0.2, 0) is 10.2 Å². The number of carboxylic acids is 1. The fourth-order valence-electron chi connectivity index (χ4n) is 1.95. The number of halogens is 1. The van der Waals surface area contributed by atoms with E-state index in [1.165, 1.54) is 6.07 Å². The van der Waals surface area contributed by atoms with Gasteiger partial charge in [0.15, 0.2) is 0 Å². The van der Waals surface area contributed by atoms with Crippen molar-refractivity contribution < 1.29 is 14.3 Å². The lowest BCUT2D eigenvalue weighted by Crippen LogP contribution is -2.12. The van der Waals surface area contributed by atoms with E-state index in [-0.39, 0.29) is 5.82 Å². The standard InChI is InChI=1S/C11H11FO2/c1-11(6-8(11)10(13)14)7-4-2-3-5-9(7)12/h2-5,8H,6H2,1H3,(H,13,14)/t8-,11+/m0/s1. The summed E-state index contributed by atoms with van der Waals surface area (Å²) >= 11 is 0. The van der Waals surface area contributed by atoms with Crippen molar-refractivity contribution in [3.05, 3.63) is 35.6 Å². The molecule has 0 aromatic heterocycles. The number of rotatable bonds is 2. The van der Waals surface area contributed by atoms with Crippen LogP contribution in [0.4, 0.5) is 4.39 Å². The predicted octanol–water partition coefficient (Wildman–Crippen LogP) is 2.19. The molecule has 0 spiro atoms. The summed E-state index contributed by atoms with van der Waals surface area (Å²) in [5.41, 5.74) is 0.0179. The molecule has 0 saturated heterocycles. The highest BCUT2D eigenvalue weighted by Gasteiger charge is 2.56. The normalized spacial score (nSPS) is 30.0. The summed E-state index contributed by atoms with van der Waals surface area (Å²) in [6.07, 6.45) is 0.531. The Morgan fingerprint density at radius 3 is 2.71 bits per heavy atom. The zero-order valence-corrected chi connectivity index (χ0v) is 7.83. The molecule has 0 heterocycles. The molecule has 1 N–H and O–H groups in total. The van der Waals surface area contributed by atoms with Crippen molar-refractivity contribution in [3.63, 3.8) is 0 Å². The topological polar surface area (TPSA) is 37.3 Å². The highest BCUT2D eigenvalue weighted by Crippen LogP contribution is 2.54. The first-order chi connectivity index (χ1) is 6.55. The third-order valence-electron chi connectivity index (χ3n) is 3.02. The predicted molar refractivity (Wildman–Crippen MR) is 49.5 cm³/mol. The molecule has 14 heavy (non-hydrogen) atoms. The fourth-order valence-corrected chi connectivity index (χ4v) is 1.95. The van der Waals surface area contributed by atoms with Gasteiger partial charge in [-0.1, -0.05) is 25.1 Å². The van der Waals surface area contributed by atoms with Gasteiger partial charge in [0.25, 0.3) is 0 Å². The van der Waals surface area contributed by atoms with Crippen molar-refractivity contribution in [2.75, 3.05) is 0 Å². The Labute approximate surface area is 81.4 Å². The molecule has 74 valence electrons. The van der Waals surface area contributed by atoms with Crippen molar-refractivity contribution >= 4 is 5.97 Å². The van der Waals surface area contributed by atoms with Gasteiger partial charge >= 0.3 is 5.97 Å². The van der Waals surface area contributed by atoms with Crippen LogP contribution < -0.4 is 0 Å². The average Bonchev–Trinajstić information content (AvgIpc) is 2.80. The van der Waals surface area contributed by atoms with E-state index in [0.717, 1.165) is 0 Å². The Kier molecular flexibility index (Phi) is 1.84. The summed E-state index contributed by atoms with van der Waals surface area (Å²) in [6, 6.07) is 6.39. The summed E-state index contributed by atoms with van der Waals surface area (Å²) < 4.78 is 13.4. The van der Waals surface area contributed by atoms with Crippen LogP contribution in [0.15, 0.2) is 24.3 Å². The average molecular weight is 194 g/mol. The first kappa shape index (κ1) is 9.19. The third-order valence-corrected chi connectivity index (χ3v) is 3.02. The second kappa shape index (κ2) is 2.80. The molecule has 2 atom stereocenters. The van der Waals surface area contributed by atoms with Crippen molar-refractivity contribution in [1.82, 2.24) is 0 Å². The Hall–Kier alpha value is -1.38. The Balaban J connectivity index is 2.34. The van der Waals surface area contributed by atoms with E-state index in [0.29, 0.717) is 12.0 Å². The molecule has 1 aromatic carbocycles. The molecule has 2 rings (SSSR count). The molecule has 1 aliphatic rings. The van der Waals surface area contributed by atoms with Crippen LogP contribution in [0.25, 0.3) is 0 Å². The van der Waals surface area contributed by atoms with Crippen LogP contribution in [0.2, 0.25) is 0 Å². The van der Waals surface area contributed by atoms with Gasteiger partial charge in [-0.25, -0.2) is 4.39 Å². The second-order valence-corrected chi connectivity index (χ2v) is 3.99. The van der Waals surface area contributed by atoms with E-state index in [1.807, 2.05) is 0 Å². The van der Waals surface area contributed by atoms with Crippen molar-refractivity contribution in [1.29, 1.82) is 0 Å². The molecule has 0 amide bonds. The van der Waals surface area contributed by atoms with Gasteiger partial charge in [0.1, 0.15) is 5.82 Å². The fraction of sp³-hybridized carbons (Fsp3) is 0.364. The largest absolute Gasteiger partial charge is 0.481 e. The molecule has 0 unspecified atom stereocenters. The first-order valence-electron chi connectivity index (χ1n) is 4.53. The summed E-state index contributed by atoms with van der Waals surface area (Å²) in [5, 5.41) is 8.82. The quantitative estimate of drug-likeness (QED) is 0.783. The van der Waals surface area contributed by atoms with Crippen LogP contribution in [0, 0.1) is 11.7 Å². The van der Waals surface area contributed by atoms with E-state index < -0.39 is 17.3 Å². The SMILES string of the molecule is C[C@]1(c2ccccc2F)C[C@H]1C(=O)O. The number of hydrogen-bond donors (Lipinski definition) is 1. The van der Waals surface area contributed by atoms with E-state index in [1.54, 1.807) is 25.1 Å². The molecule has 1 aromatic rings. The zero-order chi connectivity index (χ0) is 10.3. The van der Waals surface area contributed by atoms with E-state index in [2.05, 4.69) is 0 Å². The summed E-state index contributed by atoms with van der Waals surface area (Å²) in [6.45, 7) is 1.80. The van der Waals surface area contributed by atoms with Gasteiger partial charge in [-0.2, -0.15) is 0 Å². The Morgan fingerprint density at radius 2 is 2.21 bits per heavy atom. The van der Waals surface area contributed by atoms with E-state index in [4.69, 9.17) is 5.11 Å². The number of carboxylic acid groups (broad SMARTS) is 1. The summed E-state index contributed by atoms with van der Waals surface area (Å²) in [5.74, 6) is -1.58. The number of hydrogen-bond acceptors (Lipinski definition) is 1. The second-order valence-electron chi connectivity index (χ2n) is 3.99. The molecule has 1 aliphatic carbocycles. The lowest BCUT2D eigenvalue weighted by molar-refractivity contribution is -0.138. The highest BCUT2D eigenvalue weighted by atomic mass is 19.1. The van der Waals surface area contributed by atoms with Gasteiger partial charge in [0, 0.05) is 5.41 Å². The molecule has 3 heteroatoms. The third kappa shape index (κ3) is 1.20. The maximum atomic E-state index is 13.4. The smallest absolute Gasteiger partial charge is 0.307 e.